The lowest BCUT2D eigenvalue weighted by Gasteiger charge is -2.10. The molecular weight excluding hydrogens is 382 g/mol. The molecule has 0 radical (unpaired) electrons. The van der Waals surface area contributed by atoms with E-state index in [9.17, 15) is 0 Å². The van der Waals surface area contributed by atoms with Crippen molar-refractivity contribution in [1.29, 1.82) is 0 Å². The molecule has 2 heterocycles. The van der Waals surface area contributed by atoms with E-state index in [0.29, 0.717) is 6.54 Å². The predicted molar refractivity (Wildman–Crippen MR) is 116 cm³/mol. The van der Waals surface area contributed by atoms with Gasteiger partial charge in [0.05, 0.1) is 32.1 Å². The summed E-state index contributed by atoms with van der Waals surface area (Å²) in [5.74, 6) is 1.66. The van der Waals surface area contributed by atoms with Crippen molar-refractivity contribution in [1.82, 2.24) is 9.55 Å². The summed E-state index contributed by atoms with van der Waals surface area (Å²) in [5, 5.41) is 2.14. The summed E-state index contributed by atoms with van der Waals surface area (Å²) in [6.45, 7) is 0.688. The van der Waals surface area contributed by atoms with Crippen molar-refractivity contribution in [3.8, 4) is 22.8 Å². The molecule has 2 aromatic heterocycles. The number of ether oxygens (including phenoxy) is 2. The van der Waals surface area contributed by atoms with Crippen molar-refractivity contribution in [3.63, 3.8) is 0 Å². The van der Waals surface area contributed by atoms with E-state index in [0.717, 1.165) is 38.8 Å². The zero-order valence-corrected chi connectivity index (χ0v) is 17.1. The quantitative estimate of drug-likeness (QED) is 0.460. The minimum Gasteiger partial charge on any atom is -0.497 e. The van der Waals surface area contributed by atoms with Gasteiger partial charge in [0.2, 0.25) is 0 Å². The SMILES string of the molecule is COc1ccc(N=c2scc(-c3ccc(OC)cc3)n2Cc2cccnc2)cc1. The molecule has 0 fully saturated rings. The van der Waals surface area contributed by atoms with Gasteiger partial charge in [0.1, 0.15) is 11.5 Å². The lowest BCUT2D eigenvalue weighted by Crippen LogP contribution is -2.16. The highest BCUT2D eigenvalue weighted by atomic mass is 32.1. The Morgan fingerprint density at radius 3 is 2.24 bits per heavy atom. The van der Waals surface area contributed by atoms with E-state index < -0.39 is 0 Å². The Morgan fingerprint density at radius 1 is 0.931 bits per heavy atom. The lowest BCUT2D eigenvalue weighted by atomic mass is 10.1. The number of hydrogen-bond acceptors (Lipinski definition) is 5. The van der Waals surface area contributed by atoms with Crippen LogP contribution in [0.1, 0.15) is 5.56 Å². The fraction of sp³-hybridized carbons (Fsp3) is 0.130. The molecule has 6 heteroatoms. The number of methoxy groups -OCH3 is 2. The monoisotopic (exact) mass is 403 g/mol. The largest absolute Gasteiger partial charge is 0.497 e. The molecule has 0 saturated heterocycles. The topological polar surface area (TPSA) is 48.6 Å². The van der Waals surface area contributed by atoms with Gasteiger partial charge in [0.15, 0.2) is 4.80 Å². The Kier molecular flexibility index (Phi) is 5.72. The van der Waals surface area contributed by atoms with Crippen LogP contribution < -0.4 is 14.3 Å². The van der Waals surface area contributed by atoms with E-state index in [1.165, 1.54) is 0 Å². The van der Waals surface area contributed by atoms with Gasteiger partial charge < -0.3 is 14.0 Å². The Labute approximate surface area is 173 Å². The van der Waals surface area contributed by atoms with Gasteiger partial charge in [-0.25, -0.2) is 4.99 Å². The summed E-state index contributed by atoms with van der Waals surface area (Å²) in [6, 6.07) is 19.9. The molecule has 29 heavy (non-hydrogen) atoms. The zero-order valence-electron chi connectivity index (χ0n) is 16.3. The maximum Gasteiger partial charge on any atom is 0.190 e. The van der Waals surface area contributed by atoms with Crippen LogP contribution in [0.2, 0.25) is 0 Å². The van der Waals surface area contributed by atoms with Crippen molar-refractivity contribution in [2.24, 2.45) is 4.99 Å². The summed E-state index contributed by atoms with van der Waals surface area (Å²) in [6.07, 6.45) is 3.68. The van der Waals surface area contributed by atoms with E-state index in [-0.39, 0.29) is 0 Å². The normalized spacial score (nSPS) is 11.4. The molecule has 0 N–H and O–H groups in total. The molecule has 0 aliphatic rings. The summed E-state index contributed by atoms with van der Waals surface area (Å²) < 4.78 is 12.8. The van der Waals surface area contributed by atoms with Crippen LogP contribution in [-0.2, 0) is 6.54 Å². The van der Waals surface area contributed by atoms with E-state index in [1.54, 1.807) is 31.8 Å². The highest BCUT2D eigenvalue weighted by molar-refractivity contribution is 7.07. The first-order valence-corrected chi connectivity index (χ1v) is 10.1. The Hall–Kier alpha value is -3.38. The molecule has 5 nitrogen and oxygen atoms in total. The van der Waals surface area contributed by atoms with Crippen LogP contribution in [0, 0.1) is 0 Å². The maximum absolute atomic E-state index is 5.29. The average molecular weight is 404 g/mol. The van der Waals surface area contributed by atoms with Gasteiger partial charge in [-0.05, 0) is 65.7 Å². The predicted octanol–water partition coefficient (Wildman–Crippen LogP) is 4.91. The van der Waals surface area contributed by atoms with Gasteiger partial charge in [-0.15, -0.1) is 11.3 Å². The molecule has 0 spiro atoms. The summed E-state index contributed by atoms with van der Waals surface area (Å²) in [4.78, 5) is 10.0. The Balaban J connectivity index is 1.79. The third-order valence-electron chi connectivity index (χ3n) is 4.54. The van der Waals surface area contributed by atoms with Crippen LogP contribution in [0.15, 0.2) is 83.4 Å². The number of pyridine rings is 1. The number of aromatic nitrogens is 2. The van der Waals surface area contributed by atoms with Gasteiger partial charge in [-0.3, -0.25) is 4.98 Å². The second-order valence-corrected chi connectivity index (χ2v) is 7.23. The van der Waals surface area contributed by atoms with Crippen LogP contribution >= 0.6 is 11.3 Å². The van der Waals surface area contributed by atoms with Crippen molar-refractivity contribution in [3.05, 3.63) is 88.8 Å². The van der Waals surface area contributed by atoms with Gasteiger partial charge in [-0.2, -0.15) is 0 Å². The number of thiazole rings is 1. The van der Waals surface area contributed by atoms with Crippen molar-refractivity contribution < 1.29 is 9.47 Å². The molecule has 0 bridgehead atoms. The minimum absolute atomic E-state index is 0.688. The zero-order chi connectivity index (χ0) is 20.1. The average Bonchev–Trinajstić information content (AvgIpc) is 3.17. The van der Waals surface area contributed by atoms with E-state index in [4.69, 9.17) is 14.5 Å². The van der Waals surface area contributed by atoms with Crippen LogP contribution in [-0.4, -0.2) is 23.8 Å². The van der Waals surface area contributed by atoms with Gasteiger partial charge in [0.25, 0.3) is 0 Å². The molecule has 0 atom stereocenters. The molecule has 0 saturated carbocycles. The minimum atomic E-state index is 0.688. The van der Waals surface area contributed by atoms with Crippen LogP contribution in [0.5, 0.6) is 11.5 Å². The molecule has 0 aliphatic heterocycles. The van der Waals surface area contributed by atoms with Crippen LogP contribution in [0.3, 0.4) is 0 Å². The summed E-state index contributed by atoms with van der Waals surface area (Å²) in [7, 11) is 3.34. The van der Waals surface area contributed by atoms with E-state index >= 15 is 0 Å². The molecule has 4 rings (SSSR count). The summed E-state index contributed by atoms with van der Waals surface area (Å²) in [5.41, 5.74) is 4.22. The van der Waals surface area contributed by atoms with Crippen molar-refractivity contribution in [2.45, 2.75) is 6.54 Å². The van der Waals surface area contributed by atoms with Gasteiger partial charge >= 0.3 is 0 Å². The molecule has 4 aromatic rings. The van der Waals surface area contributed by atoms with Crippen LogP contribution in [0.4, 0.5) is 5.69 Å². The smallest absolute Gasteiger partial charge is 0.190 e. The third kappa shape index (κ3) is 4.38. The maximum atomic E-state index is 5.29. The second-order valence-electron chi connectivity index (χ2n) is 6.39. The fourth-order valence-electron chi connectivity index (χ4n) is 3.01. The fourth-order valence-corrected chi connectivity index (χ4v) is 3.93. The van der Waals surface area contributed by atoms with Crippen LogP contribution in [0.25, 0.3) is 11.3 Å². The first-order valence-electron chi connectivity index (χ1n) is 9.17. The number of nitrogens with zero attached hydrogens (tertiary/aromatic N) is 3. The Morgan fingerprint density at radius 2 is 1.62 bits per heavy atom. The molecule has 0 amide bonds. The molecule has 146 valence electrons. The second kappa shape index (κ2) is 8.75. The summed E-state index contributed by atoms with van der Waals surface area (Å²) >= 11 is 1.62. The first-order chi connectivity index (χ1) is 14.3. The van der Waals surface area contributed by atoms with E-state index in [2.05, 4.69) is 33.1 Å². The highest BCUT2D eigenvalue weighted by Gasteiger charge is 2.10. The number of benzene rings is 2. The molecule has 2 aromatic carbocycles. The molecule has 0 unspecified atom stereocenters. The van der Waals surface area contributed by atoms with Gasteiger partial charge in [0, 0.05) is 17.8 Å². The van der Waals surface area contributed by atoms with E-state index in [1.807, 2.05) is 48.7 Å². The Bertz CT molecular complexity index is 1130. The number of rotatable bonds is 6. The van der Waals surface area contributed by atoms with Crippen molar-refractivity contribution in [2.75, 3.05) is 14.2 Å². The molecule has 0 aliphatic carbocycles. The number of hydrogen-bond donors (Lipinski definition) is 0. The first kappa shape index (κ1) is 19.0. The molecular formula is C23H21N3O2S. The standard InChI is InChI=1S/C23H21N3O2S/c1-27-20-9-5-18(6-10-20)22-16-29-23(25-19-7-11-21(28-2)12-8-19)26(22)15-17-4-3-13-24-14-17/h3-14,16H,15H2,1-2H3. The lowest BCUT2D eigenvalue weighted by molar-refractivity contribution is 0.414. The van der Waals surface area contributed by atoms with Crippen molar-refractivity contribution >= 4 is 17.0 Å². The third-order valence-corrected chi connectivity index (χ3v) is 5.41. The highest BCUT2D eigenvalue weighted by Crippen LogP contribution is 2.24. The van der Waals surface area contributed by atoms with Gasteiger partial charge in [-0.1, -0.05) is 6.07 Å².